The molecule has 0 unspecified atom stereocenters. The number of carbonyl (C=O) groups is 1. The van der Waals surface area contributed by atoms with Crippen LogP contribution in [0.3, 0.4) is 0 Å². The molecule has 0 spiro atoms. The van der Waals surface area contributed by atoms with Crippen molar-refractivity contribution in [3.63, 3.8) is 0 Å². The third-order valence-electron chi connectivity index (χ3n) is 12.9. The average Bonchev–Trinajstić information content (AvgIpc) is 3.22. The summed E-state index contributed by atoms with van der Waals surface area (Å²) >= 11 is 0. The van der Waals surface area contributed by atoms with Gasteiger partial charge < -0.3 is 35.6 Å². The Balaban J connectivity index is 2.19. The molecule has 0 aromatic carbocycles. The van der Waals surface area contributed by atoms with Crippen molar-refractivity contribution in [3.8, 4) is 0 Å². The molecule has 7 atom stereocenters. The fraction of sp³-hybridized carbons (Fsp3) is 0.980. The van der Waals surface area contributed by atoms with Crippen LogP contribution in [0.4, 0.5) is 0 Å². The van der Waals surface area contributed by atoms with Gasteiger partial charge >= 0.3 is 0 Å². The van der Waals surface area contributed by atoms with E-state index in [1.807, 2.05) is 0 Å². The van der Waals surface area contributed by atoms with Crippen molar-refractivity contribution in [2.45, 2.75) is 307 Å². The van der Waals surface area contributed by atoms with Crippen LogP contribution < -0.4 is 5.32 Å². The molecule has 1 aliphatic carbocycles. The van der Waals surface area contributed by atoms with E-state index in [2.05, 4.69) is 19.2 Å². The number of carbonyl (C=O) groups excluding carboxylic acids is 1. The highest BCUT2D eigenvalue weighted by Gasteiger charge is 2.38. The van der Waals surface area contributed by atoms with Gasteiger partial charge in [-0.3, -0.25) is 4.79 Å². The van der Waals surface area contributed by atoms with E-state index in [4.69, 9.17) is 4.74 Å². The van der Waals surface area contributed by atoms with Gasteiger partial charge in [-0.2, -0.15) is 0 Å². The minimum absolute atomic E-state index is 0.0909. The van der Waals surface area contributed by atoms with E-state index in [9.17, 15) is 30.3 Å². The molecule has 8 nitrogen and oxygen atoms in total. The molecule has 0 aromatic rings. The summed E-state index contributed by atoms with van der Waals surface area (Å²) in [5, 5.41) is 55.5. The summed E-state index contributed by atoms with van der Waals surface area (Å²) < 4.78 is 5.91. The molecule has 0 aliphatic heterocycles. The van der Waals surface area contributed by atoms with Crippen LogP contribution in [-0.2, 0) is 9.53 Å². The fourth-order valence-corrected chi connectivity index (χ4v) is 8.74. The topological polar surface area (TPSA) is 139 Å². The predicted octanol–water partition coefficient (Wildman–Crippen LogP) is 11.9. The summed E-state index contributed by atoms with van der Waals surface area (Å²) in [5.74, 6) is -0.173. The molecule has 1 aliphatic rings. The Morgan fingerprint density at radius 2 is 0.845 bits per heavy atom. The zero-order chi connectivity index (χ0) is 42.3. The van der Waals surface area contributed by atoms with Gasteiger partial charge in [-0.05, 0) is 25.7 Å². The van der Waals surface area contributed by atoms with Crippen molar-refractivity contribution in [1.29, 1.82) is 0 Å². The Labute approximate surface area is 358 Å². The maximum absolute atomic E-state index is 13.0. The SMILES string of the molecule is CCCCCCCCCCCCCCCCCCCCCCCCCC(=O)N[C@@H](CO[C@H]1CC[C@H](O)[C@H](O)[C@H]1O)[C@H](O)[C@H](O)CCCCCCCCCCCCCC. The van der Waals surface area contributed by atoms with Gasteiger partial charge in [-0.25, -0.2) is 0 Å². The molecule has 1 amide bonds. The summed E-state index contributed by atoms with van der Waals surface area (Å²) in [4.78, 5) is 13.0. The standard InChI is InChI=1S/C50H99NO7/c1-3-5-7-9-11-13-15-17-18-19-20-21-22-23-24-25-26-27-29-31-33-35-37-39-47(54)51-43(42-58-46-41-40-45(53)49(56)50(46)57)48(55)44(52)38-36-34-32-30-28-16-14-12-10-8-6-4-2/h43-46,48-50,52-53,55-57H,3-42H2,1-2H3,(H,51,54)/t43-,44+,45-,46-,48-,49-,50-/m0/s1. The van der Waals surface area contributed by atoms with Crippen molar-refractivity contribution < 1.29 is 35.1 Å². The van der Waals surface area contributed by atoms with Crippen LogP contribution in [0.5, 0.6) is 0 Å². The predicted molar refractivity (Wildman–Crippen MR) is 243 cm³/mol. The highest BCUT2D eigenvalue weighted by Crippen LogP contribution is 2.24. The third-order valence-corrected chi connectivity index (χ3v) is 12.9. The summed E-state index contributed by atoms with van der Waals surface area (Å²) in [6, 6.07) is -0.833. The Hall–Kier alpha value is -0.770. The number of unbranched alkanes of at least 4 members (excludes halogenated alkanes) is 33. The minimum Gasteiger partial charge on any atom is -0.390 e. The van der Waals surface area contributed by atoms with E-state index in [1.54, 1.807) is 0 Å². The van der Waals surface area contributed by atoms with Crippen LogP contribution in [0, 0.1) is 0 Å². The molecular weight excluding hydrogens is 727 g/mol. The first-order valence-corrected chi connectivity index (χ1v) is 25.6. The molecule has 0 aromatic heterocycles. The van der Waals surface area contributed by atoms with Gasteiger partial charge in [0.15, 0.2) is 0 Å². The number of aliphatic hydroxyl groups is 5. The third kappa shape index (κ3) is 31.1. The minimum atomic E-state index is -1.30. The molecule has 0 radical (unpaired) electrons. The fourth-order valence-electron chi connectivity index (χ4n) is 8.74. The number of aliphatic hydroxyl groups excluding tert-OH is 5. The van der Waals surface area contributed by atoms with E-state index >= 15 is 0 Å². The van der Waals surface area contributed by atoms with Crippen molar-refractivity contribution >= 4 is 5.91 Å². The van der Waals surface area contributed by atoms with Crippen molar-refractivity contribution in [1.82, 2.24) is 5.32 Å². The van der Waals surface area contributed by atoms with Crippen LogP contribution in [0.2, 0.25) is 0 Å². The maximum Gasteiger partial charge on any atom is 0.220 e. The van der Waals surface area contributed by atoms with Crippen molar-refractivity contribution in [3.05, 3.63) is 0 Å². The molecule has 1 fully saturated rings. The maximum atomic E-state index is 13.0. The van der Waals surface area contributed by atoms with Gasteiger partial charge in [-0.15, -0.1) is 0 Å². The Morgan fingerprint density at radius 3 is 1.22 bits per heavy atom. The first-order chi connectivity index (χ1) is 28.3. The summed E-state index contributed by atoms with van der Waals surface area (Å²) in [7, 11) is 0. The summed E-state index contributed by atoms with van der Waals surface area (Å²) in [6.07, 6.45) is 40.2. The first kappa shape index (κ1) is 55.2. The Bertz CT molecular complexity index is 877. The number of ether oxygens (including phenoxy) is 1. The number of nitrogens with one attached hydrogen (secondary N) is 1. The molecular formula is C50H99NO7. The highest BCUT2D eigenvalue weighted by atomic mass is 16.5. The van der Waals surface area contributed by atoms with Crippen LogP contribution in [-0.4, -0.2) is 80.7 Å². The van der Waals surface area contributed by atoms with Gasteiger partial charge in [0.1, 0.15) is 18.3 Å². The van der Waals surface area contributed by atoms with E-state index in [0.29, 0.717) is 25.7 Å². The van der Waals surface area contributed by atoms with Gasteiger partial charge in [-0.1, -0.05) is 232 Å². The number of hydrogen-bond donors (Lipinski definition) is 6. The van der Waals surface area contributed by atoms with Crippen LogP contribution in [0.25, 0.3) is 0 Å². The quantitative estimate of drug-likeness (QED) is 0.0336. The molecule has 6 N–H and O–H groups in total. The molecule has 0 saturated heterocycles. The zero-order valence-corrected chi connectivity index (χ0v) is 38.4. The Morgan fingerprint density at radius 1 is 0.500 bits per heavy atom. The number of hydrogen-bond acceptors (Lipinski definition) is 7. The lowest BCUT2D eigenvalue weighted by molar-refractivity contribution is -0.160. The molecule has 0 bridgehead atoms. The van der Waals surface area contributed by atoms with E-state index in [1.165, 1.54) is 186 Å². The lowest BCUT2D eigenvalue weighted by atomic mass is 9.89. The summed E-state index contributed by atoms with van der Waals surface area (Å²) in [5.41, 5.74) is 0. The van der Waals surface area contributed by atoms with Gasteiger partial charge in [0.2, 0.25) is 5.91 Å². The normalized spacial score (nSPS) is 20.0. The van der Waals surface area contributed by atoms with Crippen LogP contribution in [0.15, 0.2) is 0 Å². The lowest BCUT2D eigenvalue weighted by Gasteiger charge is -2.36. The Kier molecular flexibility index (Phi) is 38.4. The zero-order valence-electron chi connectivity index (χ0n) is 38.4. The molecule has 346 valence electrons. The molecule has 58 heavy (non-hydrogen) atoms. The molecule has 0 heterocycles. The largest absolute Gasteiger partial charge is 0.390 e. The second-order valence-corrected chi connectivity index (χ2v) is 18.4. The second-order valence-electron chi connectivity index (χ2n) is 18.4. The van der Waals surface area contributed by atoms with Crippen LogP contribution in [0.1, 0.15) is 264 Å². The number of amides is 1. The molecule has 8 heteroatoms. The molecule has 1 rings (SSSR count). The van der Waals surface area contributed by atoms with E-state index < -0.39 is 42.7 Å². The van der Waals surface area contributed by atoms with Gasteiger partial charge in [0.25, 0.3) is 0 Å². The highest BCUT2D eigenvalue weighted by molar-refractivity contribution is 5.76. The lowest BCUT2D eigenvalue weighted by Crippen LogP contribution is -2.54. The average molecular weight is 826 g/mol. The summed E-state index contributed by atoms with van der Waals surface area (Å²) in [6.45, 7) is 4.45. The van der Waals surface area contributed by atoms with Gasteiger partial charge in [0, 0.05) is 6.42 Å². The number of rotatable bonds is 43. The van der Waals surface area contributed by atoms with Crippen molar-refractivity contribution in [2.24, 2.45) is 0 Å². The van der Waals surface area contributed by atoms with E-state index in [0.717, 1.165) is 38.5 Å². The first-order valence-electron chi connectivity index (χ1n) is 25.6. The smallest absolute Gasteiger partial charge is 0.220 e. The second kappa shape index (κ2) is 40.3. The van der Waals surface area contributed by atoms with Crippen LogP contribution >= 0.6 is 0 Å². The molecule has 1 saturated carbocycles. The van der Waals surface area contributed by atoms with Gasteiger partial charge in [0.05, 0.1) is 31.0 Å². The van der Waals surface area contributed by atoms with Crippen molar-refractivity contribution in [2.75, 3.05) is 6.61 Å². The van der Waals surface area contributed by atoms with E-state index in [-0.39, 0.29) is 12.5 Å². The monoisotopic (exact) mass is 826 g/mol.